The van der Waals surface area contributed by atoms with E-state index in [9.17, 15) is 23.6 Å². The van der Waals surface area contributed by atoms with Gasteiger partial charge in [-0.15, -0.1) is 0 Å². The average Bonchev–Trinajstić information content (AvgIpc) is 2.95. The molecule has 0 bridgehead atoms. The second kappa shape index (κ2) is 12.1. The molecule has 2 amide bonds. The molecule has 0 unspecified atom stereocenters. The Labute approximate surface area is 229 Å². The van der Waals surface area contributed by atoms with Crippen LogP contribution in [0.25, 0.3) is 11.0 Å². The smallest absolute Gasteiger partial charge is 0.333 e. The van der Waals surface area contributed by atoms with E-state index < -0.39 is 11.4 Å². The van der Waals surface area contributed by atoms with Crippen molar-refractivity contribution in [3.63, 3.8) is 0 Å². The summed E-state index contributed by atoms with van der Waals surface area (Å²) in [5.74, 6) is 0.840. The molecule has 3 aromatic rings. The first-order chi connectivity index (χ1) is 18.9. The number of fused-ring (bicyclic) bond motifs is 1. The molecule has 3 heterocycles. The first kappa shape index (κ1) is 27.1. The summed E-state index contributed by atoms with van der Waals surface area (Å²) in [6, 6.07) is 9.51. The molecule has 2 fully saturated rings. The maximum absolute atomic E-state index is 14.1. The van der Waals surface area contributed by atoms with Crippen molar-refractivity contribution in [2.24, 2.45) is 0 Å². The van der Waals surface area contributed by atoms with Gasteiger partial charge >= 0.3 is 5.69 Å². The number of carbonyl (C=O) groups is 2. The summed E-state index contributed by atoms with van der Waals surface area (Å²) in [5, 5.41) is 5.89. The molecule has 206 valence electrons. The lowest BCUT2D eigenvalue weighted by Gasteiger charge is -2.31. The van der Waals surface area contributed by atoms with Crippen molar-refractivity contribution in [3.05, 3.63) is 74.8 Å². The maximum atomic E-state index is 14.1. The van der Waals surface area contributed by atoms with E-state index in [0.717, 1.165) is 30.5 Å². The van der Waals surface area contributed by atoms with Gasteiger partial charge in [-0.3, -0.25) is 23.5 Å². The highest BCUT2D eigenvalue weighted by molar-refractivity contribution is 7.99. The van der Waals surface area contributed by atoms with Gasteiger partial charge in [-0.1, -0.05) is 18.2 Å². The number of carbonyl (C=O) groups excluding carboxylic acids is 2. The molecule has 0 spiro atoms. The van der Waals surface area contributed by atoms with Crippen molar-refractivity contribution < 1.29 is 14.0 Å². The molecule has 2 aromatic heterocycles. The standard InChI is InChI=1S/C28H32FN5O4S/c29-19-16-23-25(31-17-19)33(22-11-14-39-15-12-22)28(38)34(27(23)37)21-8-6-20(7-9-21)32-24(35)10-13-30-26(36)18-4-2-1-3-5-18/h1-5,16-17,20-22H,6-15H2,(H,30,36)(H,32,35). The molecule has 1 aromatic carbocycles. The van der Waals surface area contributed by atoms with Gasteiger partial charge < -0.3 is 10.6 Å². The van der Waals surface area contributed by atoms with Gasteiger partial charge in [0.05, 0.1) is 11.6 Å². The van der Waals surface area contributed by atoms with Crippen LogP contribution >= 0.6 is 11.8 Å². The van der Waals surface area contributed by atoms with Crippen molar-refractivity contribution >= 4 is 34.6 Å². The summed E-state index contributed by atoms with van der Waals surface area (Å²) in [5.41, 5.74) is -0.102. The number of thioether (sulfide) groups is 1. The van der Waals surface area contributed by atoms with Crippen LogP contribution < -0.4 is 21.9 Å². The van der Waals surface area contributed by atoms with Gasteiger partial charge in [-0.25, -0.2) is 14.2 Å². The Kier molecular flexibility index (Phi) is 8.44. The van der Waals surface area contributed by atoms with E-state index in [1.807, 2.05) is 17.8 Å². The highest BCUT2D eigenvalue weighted by Gasteiger charge is 2.29. The van der Waals surface area contributed by atoms with Crippen molar-refractivity contribution in [1.82, 2.24) is 24.8 Å². The van der Waals surface area contributed by atoms with Crippen LogP contribution in [0.4, 0.5) is 4.39 Å². The molecular formula is C28H32FN5O4S. The fraction of sp³-hybridized carbons (Fsp3) is 0.464. The predicted molar refractivity (Wildman–Crippen MR) is 149 cm³/mol. The summed E-state index contributed by atoms with van der Waals surface area (Å²) in [6.07, 6.45) is 5.10. The normalized spacial score (nSPS) is 20.0. The summed E-state index contributed by atoms with van der Waals surface area (Å²) in [4.78, 5) is 55.9. The minimum absolute atomic E-state index is 0.0774. The second-order valence-corrected chi connectivity index (χ2v) is 11.4. The lowest BCUT2D eigenvalue weighted by molar-refractivity contribution is -0.121. The van der Waals surface area contributed by atoms with Gasteiger partial charge in [0.1, 0.15) is 11.5 Å². The molecule has 2 aliphatic rings. The summed E-state index contributed by atoms with van der Waals surface area (Å²) < 4.78 is 17.0. The highest BCUT2D eigenvalue weighted by atomic mass is 32.2. The number of nitrogens with one attached hydrogen (secondary N) is 2. The Morgan fingerprint density at radius 2 is 1.67 bits per heavy atom. The van der Waals surface area contributed by atoms with E-state index in [0.29, 0.717) is 31.2 Å². The van der Waals surface area contributed by atoms with Crippen LogP contribution in [0.15, 0.2) is 52.2 Å². The third-order valence-electron chi connectivity index (χ3n) is 7.58. The Balaban J connectivity index is 1.24. The SMILES string of the molecule is O=C(CCNC(=O)c1ccccc1)NC1CCC(n2c(=O)c3cc(F)cnc3n(C3CCSCC3)c2=O)CC1. The molecule has 0 radical (unpaired) electrons. The maximum Gasteiger partial charge on any atom is 0.333 e. The first-order valence-corrected chi connectivity index (χ1v) is 14.6. The van der Waals surface area contributed by atoms with E-state index in [-0.39, 0.29) is 59.6 Å². The van der Waals surface area contributed by atoms with Crippen molar-refractivity contribution in [2.45, 2.75) is 63.1 Å². The number of benzene rings is 1. The topological polar surface area (TPSA) is 115 Å². The summed E-state index contributed by atoms with van der Waals surface area (Å²) in [6.45, 7) is 0.227. The summed E-state index contributed by atoms with van der Waals surface area (Å²) in [7, 11) is 0. The highest BCUT2D eigenvalue weighted by Crippen LogP contribution is 2.30. The average molecular weight is 554 g/mol. The zero-order chi connectivity index (χ0) is 27.4. The molecule has 0 atom stereocenters. The molecule has 1 aliphatic heterocycles. The number of nitrogens with zero attached hydrogens (tertiary/aromatic N) is 3. The molecule has 11 heteroatoms. The number of pyridine rings is 1. The Morgan fingerprint density at radius 1 is 0.974 bits per heavy atom. The second-order valence-electron chi connectivity index (χ2n) is 10.1. The predicted octanol–water partition coefficient (Wildman–Crippen LogP) is 3.19. The molecule has 39 heavy (non-hydrogen) atoms. The number of amides is 2. The van der Waals surface area contributed by atoms with Crippen LogP contribution in [0, 0.1) is 5.82 Å². The molecule has 1 saturated heterocycles. The van der Waals surface area contributed by atoms with Crippen LogP contribution in [-0.2, 0) is 4.79 Å². The van der Waals surface area contributed by atoms with E-state index in [4.69, 9.17) is 0 Å². The lowest BCUT2D eigenvalue weighted by Crippen LogP contribution is -2.46. The number of hydrogen-bond donors (Lipinski definition) is 2. The largest absolute Gasteiger partial charge is 0.353 e. The Hall–Kier alpha value is -3.47. The van der Waals surface area contributed by atoms with Gasteiger partial charge in [0.25, 0.3) is 11.5 Å². The van der Waals surface area contributed by atoms with E-state index in [2.05, 4.69) is 15.6 Å². The van der Waals surface area contributed by atoms with Gasteiger partial charge in [0, 0.05) is 36.7 Å². The van der Waals surface area contributed by atoms with Gasteiger partial charge in [-0.2, -0.15) is 11.8 Å². The van der Waals surface area contributed by atoms with Gasteiger partial charge in [0.2, 0.25) is 5.91 Å². The fourth-order valence-electron chi connectivity index (χ4n) is 5.56. The van der Waals surface area contributed by atoms with Crippen molar-refractivity contribution in [2.75, 3.05) is 18.1 Å². The van der Waals surface area contributed by atoms with Gasteiger partial charge in [0.15, 0.2) is 0 Å². The zero-order valence-electron chi connectivity index (χ0n) is 21.6. The van der Waals surface area contributed by atoms with Crippen molar-refractivity contribution in [3.8, 4) is 0 Å². The van der Waals surface area contributed by atoms with Crippen LogP contribution in [0.2, 0.25) is 0 Å². The molecular weight excluding hydrogens is 521 g/mol. The van der Waals surface area contributed by atoms with Crippen LogP contribution in [0.5, 0.6) is 0 Å². The molecule has 1 saturated carbocycles. The zero-order valence-corrected chi connectivity index (χ0v) is 22.4. The number of halogens is 1. The molecule has 9 nitrogen and oxygen atoms in total. The minimum atomic E-state index is -0.609. The quantitative estimate of drug-likeness (QED) is 0.465. The van der Waals surface area contributed by atoms with Gasteiger partial charge in [-0.05, 0) is 68.2 Å². The number of rotatable bonds is 7. The monoisotopic (exact) mass is 553 g/mol. The van der Waals surface area contributed by atoms with E-state index in [1.54, 1.807) is 28.8 Å². The van der Waals surface area contributed by atoms with Crippen LogP contribution in [-0.4, -0.2) is 50.0 Å². The minimum Gasteiger partial charge on any atom is -0.353 e. The van der Waals surface area contributed by atoms with Crippen LogP contribution in [0.3, 0.4) is 0 Å². The fourth-order valence-corrected chi connectivity index (χ4v) is 6.64. The third kappa shape index (κ3) is 6.08. The molecule has 1 aliphatic carbocycles. The van der Waals surface area contributed by atoms with E-state index in [1.165, 1.54) is 10.6 Å². The number of hydrogen-bond acceptors (Lipinski definition) is 6. The van der Waals surface area contributed by atoms with E-state index >= 15 is 0 Å². The molecule has 2 N–H and O–H groups in total. The first-order valence-electron chi connectivity index (χ1n) is 13.4. The number of aromatic nitrogens is 3. The Morgan fingerprint density at radius 3 is 2.38 bits per heavy atom. The summed E-state index contributed by atoms with van der Waals surface area (Å²) >= 11 is 1.83. The third-order valence-corrected chi connectivity index (χ3v) is 8.63. The lowest BCUT2D eigenvalue weighted by atomic mass is 9.90. The Bertz CT molecular complexity index is 1460. The van der Waals surface area contributed by atoms with Crippen molar-refractivity contribution in [1.29, 1.82) is 0 Å². The van der Waals surface area contributed by atoms with Crippen LogP contribution in [0.1, 0.15) is 67.4 Å². The molecule has 5 rings (SSSR count).